The van der Waals surface area contributed by atoms with Crippen LogP contribution in [0.2, 0.25) is 0 Å². The van der Waals surface area contributed by atoms with Crippen LogP contribution in [-0.4, -0.2) is 24.5 Å². The topological polar surface area (TPSA) is 75.0 Å². The van der Waals surface area contributed by atoms with Gasteiger partial charge in [0.15, 0.2) is 0 Å². The summed E-state index contributed by atoms with van der Waals surface area (Å²) in [4.78, 5) is 17.8. The predicted octanol–water partition coefficient (Wildman–Crippen LogP) is 8.48. The van der Waals surface area contributed by atoms with E-state index in [4.69, 9.17) is 12.2 Å². The largest absolute Gasteiger partial charge is 2.00 e. The molecule has 7 nitrogen and oxygen atoms in total. The van der Waals surface area contributed by atoms with Gasteiger partial charge in [0.2, 0.25) is 5.95 Å². The summed E-state index contributed by atoms with van der Waals surface area (Å²) in [5.74, 6) is 1.78. The average molecular weight is 972 g/mol. The molecule has 0 saturated heterocycles. The fraction of sp³-hybridized carbons (Fsp3) is 0. The fourth-order valence-corrected chi connectivity index (χ4v) is 4.98. The number of rotatable bonds is 7. The molecule has 4 aromatic carbocycles. The molecule has 9 heteroatoms. The molecule has 0 fully saturated rings. The normalized spacial score (nSPS) is 11.2. The molecule has 8 rings (SSSR count). The van der Waals surface area contributed by atoms with Gasteiger partial charge in [0.05, 0.1) is 0 Å². The zero-order valence-corrected chi connectivity index (χ0v) is 28.7. The first-order valence-corrected chi connectivity index (χ1v) is 14.1. The van der Waals surface area contributed by atoms with Crippen LogP contribution in [0.5, 0.6) is 23.0 Å². The summed E-state index contributed by atoms with van der Waals surface area (Å²) in [5.41, 5.74) is 3.98. The molecule has 0 bridgehead atoms. The van der Waals surface area contributed by atoms with Crippen molar-refractivity contribution in [1.82, 2.24) is 24.5 Å². The van der Waals surface area contributed by atoms with E-state index < -0.39 is 0 Å². The minimum absolute atomic E-state index is 0. The Labute approximate surface area is 302 Å². The van der Waals surface area contributed by atoms with E-state index in [2.05, 4.69) is 44.2 Å². The van der Waals surface area contributed by atoms with Gasteiger partial charge >= 0.3 is 42.1 Å². The third-order valence-electron chi connectivity index (χ3n) is 6.96. The second kappa shape index (κ2) is 14.2. The van der Waals surface area contributed by atoms with E-state index in [1.807, 2.05) is 60.7 Å². The first-order valence-electron chi connectivity index (χ1n) is 15.1. The minimum atomic E-state index is 0. The summed E-state index contributed by atoms with van der Waals surface area (Å²) in [6.45, 7) is 0. The van der Waals surface area contributed by atoms with Gasteiger partial charge in [-0.25, -0.2) is 9.97 Å². The fourth-order valence-electron chi connectivity index (χ4n) is 4.98. The van der Waals surface area contributed by atoms with E-state index in [1.54, 1.807) is 59.7 Å². The first kappa shape index (κ1) is 29.4. The number of fused-ring (bicyclic) bond motifs is 3. The maximum atomic E-state index is 9.03. The third-order valence-corrected chi connectivity index (χ3v) is 6.96. The molecule has 0 atom stereocenters. The summed E-state index contributed by atoms with van der Waals surface area (Å²) in [5, 5.41) is 0.977. The quantitative estimate of drug-likeness (QED) is 0.149. The van der Waals surface area contributed by atoms with Crippen LogP contribution >= 0.6 is 0 Å². The third kappa shape index (κ3) is 6.64. The Hall–Kier alpha value is -4.96. The zero-order chi connectivity index (χ0) is 31.7. The molecule has 230 valence electrons. The van der Waals surface area contributed by atoms with Gasteiger partial charge in [-0.15, -0.1) is 71.8 Å². The molecule has 0 aliphatic carbocycles. The van der Waals surface area contributed by atoms with E-state index in [1.165, 1.54) is 0 Å². The molecule has 47 heavy (non-hydrogen) atoms. The van der Waals surface area contributed by atoms with Crippen molar-refractivity contribution in [3.8, 4) is 51.5 Å². The van der Waals surface area contributed by atoms with Crippen LogP contribution in [-0.2, 0) is 42.1 Å². The minimum Gasteiger partial charge on any atom is -0.503 e. The van der Waals surface area contributed by atoms with Crippen molar-refractivity contribution in [2.45, 2.75) is 0 Å². The molecular weight excluding hydrogens is 949 g/mol. The van der Waals surface area contributed by atoms with Crippen molar-refractivity contribution in [3.63, 3.8) is 0 Å². The molecule has 4 heterocycles. The van der Waals surface area contributed by atoms with Crippen LogP contribution in [0.1, 0.15) is 2.74 Å². The van der Waals surface area contributed by atoms with Crippen molar-refractivity contribution in [2.24, 2.45) is 0 Å². The number of hydrogen-bond donors (Lipinski definition) is 0. The van der Waals surface area contributed by atoms with Crippen molar-refractivity contribution < 1.29 is 54.3 Å². The Bertz CT molecular complexity index is 2250. The number of benzene rings is 4. The van der Waals surface area contributed by atoms with Crippen LogP contribution in [0.4, 0.5) is 0 Å². The Balaban J connectivity index is 0.00000208. The number of hydrogen-bond acceptors (Lipinski definition) is 6. The second-order valence-electron chi connectivity index (χ2n) is 9.88. The number of pyridine rings is 2. The number of aromatic nitrogens is 5. The molecule has 0 spiro atoms. The summed E-state index contributed by atoms with van der Waals surface area (Å²) in [6, 6.07) is 40.6. The molecule has 4 aromatic heterocycles. The molecule has 8 aromatic rings. The number of ether oxygens (including phenoxy) is 2. The maximum absolute atomic E-state index is 9.03. The van der Waals surface area contributed by atoms with E-state index in [9.17, 15) is 0 Å². The van der Waals surface area contributed by atoms with Crippen LogP contribution in [0.25, 0.3) is 50.3 Å². The second-order valence-corrected chi connectivity index (χ2v) is 9.88. The van der Waals surface area contributed by atoms with Crippen molar-refractivity contribution in [3.05, 3.63) is 152 Å². The molecule has 0 N–H and O–H groups in total. The van der Waals surface area contributed by atoms with Gasteiger partial charge in [-0.1, -0.05) is 47.4 Å². The van der Waals surface area contributed by atoms with E-state index in [0.717, 1.165) is 22.5 Å². The van der Waals surface area contributed by atoms with Gasteiger partial charge in [0.1, 0.15) is 0 Å². The molecule has 0 aliphatic heterocycles. The van der Waals surface area contributed by atoms with Gasteiger partial charge in [-0.05, 0) is 29.6 Å². The number of nitrogens with zero attached hydrogens (tertiary/aromatic N) is 5. The summed E-state index contributed by atoms with van der Waals surface area (Å²) < 4.78 is 32.1. The van der Waals surface area contributed by atoms with E-state index in [0.29, 0.717) is 50.8 Å². The summed E-state index contributed by atoms with van der Waals surface area (Å²) >= 11 is 0. The van der Waals surface area contributed by atoms with Gasteiger partial charge in [-0.3, -0.25) is 0 Å². The Morgan fingerprint density at radius 1 is 0.489 bits per heavy atom. The molecule has 0 unspecified atom stereocenters. The van der Waals surface area contributed by atoms with Crippen LogP contribution in [0.3, 0.4) is 0 Å². The monoisotopic (exact) mass is 971 g/mol. The molecular formula is C38H21N5O2Pt2. The Morgan fingerprint density at radius 3 is 1.43 bits per heavy atom. The first-order chi connectivity index (χ1) is 23.1. The van der Waals surface area contributed by atoms with Crippen molar-refractivity contribution in [1.29, 1.82) is 0 Å². The van der Waals surface area contributed by atoms with Crippen LogP contribution in [0.15, 0.2) is 128 Å². The standard InChI is InChI=1S/C38H21N5O2.2Pt/c1-3-18-39-34(12-1)26-8-5-10-28(22-26)44-30-14-16-32-33-17-15-31(25-37(33)43(36(32)24-30)38-41-20-7-21-42-38)45-29-11-6-9-27(23-29)35-13-2-4-19-40-35;;/h1-21H;;/q-4;2*+2/i16D,17D;;. The molecule has 0 radical (unpaired) electrons. The van der Waals surface area contributed by atoms with Gasteiger partial charge < -0.3 is 24.0 Å². The molecule has 0 aliphatic rings. The molecule has 0 saturated carbocycles. The maximum Gasteiger partial charge on any atom is 2.00 e. The van der Waals surface area contributed by atoms with Crippen molar-refractivity contribution in [2.75, 3.05) is 0 Å². The van der Waals surface area contributed by atoms with Gasteiger partial charge in [0.25, 0.3) is 0 Å². The summed E-state index contributed by atoms with van der Waals surface area (Å²) in [6.07, 6.45) is 6.70. The predicted molar refractivity (Wildman–Crippen MR) is 171 cm³/mol. The zero-order valence-electron chi connectivity index (χ0n) is 26.2. The average Bonchev–Trinajstić information content (AvgIpc) is 3.44. The Morgan fingerprint density at radius 2 is 0.957 bits per heavy atom. The SMILES string of the molecule is [2H]c1cc(Oc2[c-]c(-c3ccccn3)ccc2)[c-]c2c1c1c([2H])cc(Oc3[c-]c(-c4ccccn4)ccc3)[c-]c1n2-c1ncccn1.[Pt+2].[Pt+2]. The smallest absolute Gasteiger partial charge is 0.503 e. The summed E-state index contributed by atoms with van der Waals surface area (Å²) in [7, 11) is 0. The van der Waals surface area contributed by atoms with Crippen LogP contribution < -0.4 is 9.47 Å². The molecule has 0 amide bonds. The van der Waals surface area contributed by atoms with E-state index in [-0.39, 0.29) is 54.2 Å². The Kier molecular flexibility index (Phi) is 8.90. The van der Waals surface area contributed by atoms with Crippen LogP contribution in [0, 0.1) is 24.3 Å². The van der Waals surface area contributed by atoms with Gasteiger partial charge in [-0.2, -0.15) is 22.9 Å². The van der Waals surface area contributed by atoms with Gasteiger partial charge in [0, 0.05) is 50.5 Å². The van der Waals surface area contributed by atoms with E-state index >= 15 is 0 Å². The van der Waals surface area contributed by atoms with Crippen molar-refractivity contribution >= 4 is 21.8 Å².